The number of aromatic nitrogens is 1. The molecule has 6 heteroatoms. The Hall–Kier alpha value is -2.02. The number of likely N-dealkylation sites (N-methyl/N-ethyl adjacent to an activating group) is 1. The third-order valence-electron chi connectivity index (χ3n) is 4.94. The van der Waals surface area contributed by atoms with Gasteiger partial charge in [0, 0.05) is 39.1 Å². The summed E-state index contributed by atoms with van der Waals surface area (Å²) < 4.78 is 20.1. The van der Waals surface area contributed by atoms with Crippen molar-refractivity contribution in [3.05, 3.63) is 58.9 Å². The SMILES string of the molecule is CN1CCN(CCOc2ccc3nc(Cc4ccc(F)cc4)sc3c2)CC1. The van der Waals surface area contributed by atoms with Crippen LogP contribution >= 0.6 is 11.3 Å². The van der Waals surface area contributed by atoms with Gasteiger partial charge in [-0.3, -0.25) is 4.90 Å². The van der Waals surface area contributed by atoms with Gasteiger partial charge in [0.25, 0.3) is 0 Å². The molecule has 4 nitrogen and oxygen atoms in total. The van der Waals surface area contributed by atoms with Crippen molar-refractivity contribution in [3.8, 4) is 5.75 Å². The number of benzene rings is 2. The Labute approximate surface area is 163 Å². The Bertz CT molecular complexity index is 888. The molecule has 0 unspecified atom stereocenters. The third-order valence-corrected chi connectivity index (χ3v) is 5.96. The largest absolute Gasteiger partial charge is 0.492 e. The molecule has 27 heavy (non-hydrogen) atoms. The summed E-state index contributed by atoms with van der Waals surface area (Å²) in [4.78, 5) is 9.50. The summed E-state index contributed by atoms with van der Waals surface area (Å²) in [6, 6.07) is 12.7. The van der Waals surface area contributed by atoms with Crippen molar-refractivity contribution >= 4 is 21.6 Å². The lowest BCUT2D eigenvalue weighted by Gasteiger charge is -2.32. The first-order valence-electron chi connectivity index (χ1n) is 9.33. The van der Waals surface area contributed by atoms with Crippen molar-refractivity contribution in [2.24, 2.45) is 0 Å². The highest BCUT2D eigenvalue weighted by Gasteiger charge is 2.13. The molecule has 1 aliphatic heterocycles. The number of rotatable bonds is 6. The summed E-state index contributed by atoms with van der Waals surface area (Å²) in [6.07, 6.45) is 0.721. The molecule has 0 bridgehead atoms. The summed E-state index contributed by atoms with van der Waals surface area (Å²) in [5.74, 6) is 0.690. The minimum Gasteiger partial charge on any atom is -0.492 e. The maximum Gasteiger partial charge on any atom is 0.123 e. The molecule has 0 amide bonds. The van der Waals surface area contributed by atoms with E-state index in [9.17, 15) is 4.39 Å². The van der Waals surface area contributed by atoms with Gasteiger partial charge in [-0.2, -0.15) is 0 Å². The summed E-state index contributed by atoms with van der Waals surface area (Å²) in [5, 5.41) is 1.03. The molecule has 1 saturated heterocycles. The molecular formula is C21H24FN3OS. The summed E-state index contributed by atoms with van der Waals surface area (Å²) in [6.45, 7) is 6.15. The summed E-state index contributed by atoms with van der Waals surface area (Å²) in [7, 11) is 2.17. The highest BCUT2D eigenvalue weighted by molar-refractivity contribution is 7.18. The van der Waals surface area contributed by atoms with E-state index in [0.29, 0.717) is 6.61 Å². The Balaban J connectivity index is 1.35. The van der Waals surface area contributed by atoms with E-state index in [4.69, 9.17) is 4.74 Å². The maximum atomic E-state index is 13.0. The number of ether oxygens (including phenoxy) is 1. The van der Waals surface area contributed by atoms with Crippen molar-refractivity contribution in [3.63, 3.8) is 0 Å². The quantitative estimate of drug-likeness (QED) is 0.648. The van der Waals surface area contributed by atoms with Gasteiger partial charge < -0.3 is 9.64 Å². The normalized spacial score (nSPS) is 16.1. The number of thiazole rings is 1. The maximum absolute atomic E-state index is 13.0. The summed E-state index contributed by atoms with van der Waals surface area (Å²) in [5.41, 5.74) is 2.06. The van der Waals surface area contributed by atoms with Gasteiger partial charge in [-0.05, 0) is 42.9 Å². The van der Waals surface area contributed by atoms with Gasteiger partial charge in [0.15, 0.2) is 0 Å². The molecule has 0 aliphatic carbocycles. The smallest absolute Gasteiger partial charge is 0.123 e. The second kappa shape index (κ2) is 8.33. The van der Waals surface area contributed by atoms with Crippen LogP contribution in [0.15, 0.2) is 42.5 Å². The van der Waals surface area contributed by atoms with E-state index in [2.05, 4.69) is 27.9 Å². The average Bonchev–Trinajstić information content (AvgIpc) is 3.07. The lowest BCUT2D eigenvalue weighted by Crippen LogP contribution is -2.45. The first kappa shape index (κ1) is 18.3. The second-order valence-electron chi connectivity index (χ2n) is 7.03. The number of hydrogen-bond acceptors (Lipinski definition) is 5. The standard InChI is InChI=1S/C21H24FN3OS/c1-24-8-10-25(11-9-24)12-13-26-18-6-7-19-20(15-18)27-21(23-19)14-16-2-4-17(22)5-3-16/h2-7,15H,8-14H2,1H3. The molecule has 4 rings (SSSR count). The average molecular weight is 386 g/mol. The molecule has 142 valence electrons. The third kappa shape index (κ3) is 4.83. The van der Waals surface area contributed by atoms with Gasteiger partial charge in [0.1, 0.15) is 18.2 Å². The van der Waals surface area contributed by atoms with Gasteiger partial charge in [-0.25, -0.2) is 9.37 Å². The zero-order chi connectivity index (χ0) is 18.6. The van der Waals surface area contributed by atoms with Gasteiger partial charge in [0.05, 0.1) is 15.2 Å². The fourth-order valence-electron chi connectivity index (χ4n) is 3.26. The van der Waals surface area contributed by atoms with Crippen LogP contribution in [-0.4, -0.2) is 61.2 Å². The van der Waals surface area contributed by atoms with Crippen LogP contribution < -0.4 is 4.74 Å². The lowest BCUT2D eigenvalue weighted by atomic mass is 10.1. The number of nitrogens with zero attached hydrogens (tertiary/aromatic N) is 3. The Morgan fingerprint density at radius 1 is 1.07 bits per heavy atom. The molecule has 2 aromatic carbocycles. The van der Waals surface area contributed by atoms with Crippen LogP contribution in [0.4, 0.5) is 4.39 Å². The molecule has 3 aromatic rings. The number of piperazine rings is 1. The van der Waals surface area contributed by atoms with Crippen LogP contribution in [0.1, 0.15) is 10.6 Å². The fraction of sp³-hybridized carbons (Fsp3) is 0.381. The number of fused-ring (bicyclic) bond motifs is 1. The predicted molar refractivity (Wildman–Crippen MR) is 108 cm³/mol. The molecule has 0 saturated carbocycles. The Morgan fingerprint density at radius 3 is 2.63 bits per heavy atom. The minimum absolute atomic E-state index is 0.207. The van der Waals surface area contributed by atoms with E-state index in [-0.39, 0.29) is 5.82 Å². The first-order chi connectivity index (χ1) is 13.2. The zero-order valence-electron chi connectivity index (χ0n) is 15.5. The van der Waals surface area contributed by atoms with Gasteiger partial charge in [0.2, 0.25) is 0 Å². The minimum atomic E-state index is -0.207. The van der Waals surface area contributed by atoms with E-state index < -0.39 is 0 Å². The predicted octanol–water partition coefficient (Wildman–Crippen LogP) is 3.65. The highest BCUT2D eigenvalue weighted by Crippen LogP contribution is 2.27. The van der Waals surface area contributed by atoms with Crippen LogP contribution in [0.3, 0.4) is 0 Å². The van der Waals surface area contributed by atoms with E-state index in [1.165, 1.54) is 12.1 Å². The van der Waals surface area contributed by atoms with E-state index >= 15 is 0 Å². The van der Waals surface area contributed by atoms with Crippen LogP contribution in [0.2, 0.25) is 0 Å². The van der Waals surface area contributed by atoms with Crippen LogP contribution in [0.5, 0.6) is 5.75 Å². The van der Waals surface area contributed by atoms with Crippen molar-refractivity contribution in [1.29, 1.82) is 0 Å². The van der Waals surface area contributed by atoms with Crippen molar-refractivity contribution < 1.29 is 9.13 Å². The van der Waals surface area contributed by atoms with E-state index in [1.54, 1.807) is 11.3 Å². The molecule has 0 radical (unpaired) electrons. The molecular weight excluding hydrogens is 361 g/mol. The molecule has 1 fully saturated rings. The number of halogens is 1. The fourth-order valence-corrected chi connectivity index (χ4v) is 4.29. The van der Waals surface area contributed by atoms with Gasteiger partial charge in [-0.15, -0.1) is 11.3 Å². The Morgan fingerprint density at radius 2 is 1.85 bits per heavy atom. The van der Waals surface area contributed by atoms with Crippen molar-refractivity contribution in [2.75, 3.05) is 46.4 Å². The first-order valence-corrected chi connectivity index (χ1v) is 10.1. The highest BCUT2D eigenvalue weighted by atomic mass is 32.1. The molecule has 0 N–H and O–H groups in total. The molecule has 1 aromatic heterocycles. The molecule has 0 spiro atoms. The van der Waals surface area contributed by atoms with Gasteiger partial charge in [-0.1, -0.05) is 12.1 Å². The summed E-state index contributed by atoms with van der Waals surface area (Å²) >= 11 is 1.67. The second-order valence-corrected chi connectivity index (χ2v) is 8.15. The van der Waals surface area contributed by atoms with E-state index in [0.717, 1.165) is 65.7 Å². The Kier molecular flexibility index (Phi) is 5.66. The number of hydrogen-bond donors (Lipinski definition) is 0. The zero-order valence-corrected chi connectivity index (χ0v) is 16.3. The molecule has 1 aliphatic rings. The van der Waals surface area contributed by atoms with Crippen LogP contribution in [-0.2, 0) is 6.42 Å². The van der Waals surface area contributed by atoms with Crippen LogP contribution in [0, 0.1) is 5.82 Å². The van der Waals surface area contributed by atoms with Crippen LogP contribution in [0.25, 0.3) is 10.2 Å². The monoisotopic (exact) mass is 385 g/mol. The molecule has 2 heterocycles. The lowest BCUT2D eigenvalue weighted by molar-refractivity contribution is 0.134. The van der Waals surface area contributed by atoms with Gasteiger partial charge >= 0.3 is 0 Å². The van der Waals surface area contributed by atoms with E-state index in [1.807, 2.05) is 24.3 Å². The van der Waals surface area contributed by atoms with Crippen molar-refractivity contribution in [1.82, 2.24) is 14.8 Å². The molecule has 0 atom stereocenters. The van der Waals surface area contributed by atoms with Crippen molar-refractivity contribution in [2.45, 2.75) is 6.42 Å². The topological polar surface area (TPSA) is 28.6 Å².